The van der Waals surface area contributed by atoms with E-state index in [-0.39, 0.29) is 56.8 Å². The number of fused-ring (bicyclic) bond motifs is 2. The van der Waals surface area contributed by atoms with Gasteiger partial charge in [-0.15, -0.1) is 48.0 Å². The van der Waals surface area contributed by atoms with Crippen LogP contribution in [0, 0.1) is 0 Å². The summed E-state index contributed by atoms with van der Waals surface area (Å²) in [5.41, 5.74) is 8.13. The molecule has 2 heterocycles. The van der Waals surface area contributed by atoms with Crippen molar-refractivity contribution in [1.29, 1.82) is 0 Å². The zero-order valence-corrected chi connectivity index (χ0v) is 32.9. The Balaban J connectivity index is 0.000000971. The van der Waals surface area contributed by atoms with Crippen LogP contribution in [0.2, 0.25) is 0 Å². The summed E-state index contributed by atoms with van der Waals surface area (Å²) in [7, 11) is 0. The number of carbonyl (C=O) groups is 3. The molecular formula is C42H50Cl4N6O4. The Kier molecular flexibility index (Phi) is 23.0. The van der Waals surface area contributed by atoms with Gasteiger partial charge in [-0.2, -0.15) is 0 Å². The largest absolute Gasteiger partial charge is 0.444 e. The number of pyridine rings is 2. The number of alkyl halides is 2. The zero-order valence-electron chi connectivity index (χ0n) is 29.7. The fourth-order valence-electron chi connectivity index (χ4n) is 4.94. The molecule has 6 aromatic rings. The van der Waals surface area contributed by atoms with Gasteiger partial charge in [0.25, 0.3) is 5.91 Å². The van der Waals surface area contributed by atoms with E-state index in [0.29, 0.717) is 11.3 Å². The van der Waals surface area contributed by atoms with Crippen molar-refractivity contribution in [2.24, 2.45) is 5.73 Å². The van der Waals surface area contributed by atoms with E-state index in [1.165, 1.54) is 0 Å². The SMILES string of the molecule is C.C.CC(C)(C)OC(=O)N[C@@H](C(=O)Nc1ccc2cnccc2c1)c1ccccc1.Cl.Cl.ClCCl.N[C@@H](C(=O)Nc1ccc2cnccc2c1)c1ccccc1. The van der Waals surface area contributed by atoms with E-state index in [4.69, 9.17) is 33.7 Å². The molecule has 56 heavy (non-hydrogen) atoms. The normalized spacial score (nSPS) is 11.0. The van der Waals surface area contributed by atoms with Crippen molar-refractivity contribution in [2.75, 3.05) is 16.0 Å². The van der Waals surface area contributed by atoms with Gasteiger partial charge in [-0.25, -0.2) is 4.79 Å². The molecule has 0 aliphatic rings. The lowest BCUT2D eigenvalue weighted by Crippen LogP contribution is -2.40. The second-order valence-electron chi connectivity index (χ2n) is 12.3. The van der Waals surface area contributed by atoms with Crippen molar-refractivity contribution in [1.82, 2.24) is 15.3 Å². The molecule has 2 aromatic heterocycles. The van der Waals surface area contributed by atoms with Gasteiger partial charge in [0, 0.05) is 46.9 Å². The van der Waals surface area contributed by atoms with Crippen molar-refractivity contribution >= 4 is 98.8 Å². The number of hydrogen-bond donors (Lipinski definition) is 4. The molecule has 300 valence electrons. The van der Waals surface area contributed by atoms with E-state index in [2.05, 4.69) is 25.9 Å². The van der Waals surface area contributed by atoms with E-state index in [9.17, 15) is 14.4 Å². The Morgan fingerprint density at radius 3 is 1.54 bits per heavy atom. The third-order valence-electron chi connectivity index (χ3n) is 7.31. The van der Waals surface area contributed by atoms with Gasteiger partial charge in [-0.1, -0.05) is 87.6 Å². The number of rotatable bonds is 7. The van der Waals surface area contributed by atoms with E-state index in [0.717, 1.165) is 32.8 Å². The molecule has 6 rings (SSSR count). The minimum atomic E-state index is -0.885. The molecule has 5 N–H and O–H groups in total. The second-order valence-corrected chi connectivity index (χ2v) is 13.1. The van der Waals surface area contributed by atoms with Crippen molar-refractivity contribution in [3.8, 4) is 0 Å². The number of ether oxygens (including phenoxy) is 1. The van der Waals surface area contributed by atoms with Gasteiger partial charge in [0.2, 0.25) is 5.91 Å². The smallest absolute Gasteiger partial charge is 0.408 e. The monoisotopic (exact) mass is 842 g/mol. The van der Waals surface area contributed by atoms with Crippen LogP contribution in [0.5, 0.6) is 0 Å². The van der Waals surface area contributed by atoms with Gasteiger partial charge < -0.3 is 26.4 Å². The van der Waals surface area contributed by atoms with Crippen LogP contribution in [-0.4, -0.2) is 38.8 Å². The molecule has 0 saturated carbocycles. The van der Waals surface area contributed by atoms with Crippen LogP contribution in [0.4, 0.5) is 16.2 Å². The van der Waals surface area contributed by atoms with Crippen LogP contribution in [0.1, 0.15) is 58.8 Å². The number of hydrogen-bond acceptors (Lipinski definition) is 7. The Morgan fingerprint density at radius 2 is 1.09 bits per heavy atom. The van der Waals surface area contributed by atoms with Crippen LogP contribution >= 0.6 is 48.0 Å². The van der Waals surface area contributed by atoms with Crippen molar-refractivity contribution < 1.29 is 19.1 Å². The number of benzene rings is 4. The van der Waals surface area contributed by atoms with Crippen LogP contribution in [0.25, 0.3) is 21.5 Å². The maximum Gasteiger partial charge on any atom is 0.408 e. The number of aromatic nitrogens is 2. The molecular weight excluding hydrogens is 794 g/mol. The fraction of sp³-hybridized carbons (Fsp3) is 0.214. The number of alkyl carbamates (subject to hydrolysis) is 1. The molecule has 10 nitrogen and oxygen atoms in total. The third-order valence-corrected chi connectivity index (χ3v) is 7.31. The molecule has 0 spiro atoms. The Hall–Kier alpha value is -4.97. The van der Waals surface area contributed by atoms with E-state index < -0.39 is 23.8 Å². The quantitative estimate of drug-likeness (QED) is 0.117. The molecule has 0 saturated heterocycles. The standard InChI is InChI=1S/C22H23N3O3.C17H15N3O.CH2Cl2.2CH4.2ClH/c1-22(2,3)28-21(27)25-19(15-7-5-4-6-8-15)20(26)24-18-10-9-17-14-23-12-11-16(17)13-18;18-16(12-4-2-1-3-5-12)17(21)20-15-7-6-14-11-19-9-8-13(14)10-15;2-1-3;;;;/h4-14,19H,1-3H3,(H,24,26)(H,25,27);1-11,16H,18H2,(H,20,21);1H2;2*1H4;2*1H/t19-;16-;;;;;/m11...../s1. The second kappa shape index (κ2) is 25.2. The highest BCUT2D eigenvalue weighted by Crippen LogP contribution is 2.22. The first-order chi connectivity index (χ1) is 25.0. The summed E-state index contributed by atoms with van der Waals surface area (Å²) < 4.78 is 5.31. The number of carbonyl (C=O) groups excluding carboxylic acids is 3. The highest BCUT2D eigenvalue weighted by molar-refractivity contribution is 6.40. The van der Waals surface area contributed by atoms with Gasteiger partial charge in [0.15, 0.2) is 0 Å². The maximum atomic E-state index is 13.0. The summed E-state index contributed by atoms with van der Waals surface area (Å²) >= 11 is 9.53. The van der Waals surface area contributed by atoms with E-state index in [1.54, 1.807) is 63.8 Å². The number of amides is 3. The summed E-state index contributed by atoms with van der Waals surface area (Å²) in [5, 5.41) is 12.6. The Morgan fingerprint density at radius 1 is 0.661 bits per heavy atom. The highest BCUT2D eigenvalue weighted by Gasteiger charge is 2.26. The predicted octanol–water partition coefficient (Wildman–Crippen LogP) is 10.8. The van der Waals surface area contributed by atoms with Crippen molar-refractivity contribution in [3.05, 3.63) is 145 Å². The highest BCUT2D eigenvalue weighted by atomic mass is 35.5. The molecule has 3 amide bonds. The number of halogens is 4. The number of nitrogens with two attached hydrogens (primary N) is 1. The molecule has 0 aliphatic heterocycles. The summed E-state index contributed by atoms with van der Waals surface area (Å²) in [4.78, 5) is 45.6. The number of nitrogens with one attached hydrogen (secondary N) is 3. The Bertz CT molecular complexity index is 2090. The van der Waals surface area contributed by atoms with Crippen molar-refractivity contribution in [3.63, 3.8) is 0 Å². The van der Waals surface area contributed by atoms with Gasteiger partial charge in [-0.05, 0) is 79.1 Å². The molecule has 2 atom stereocenters. The molecule has 0 radical (unpaired) electrons. The molecule has 0 fully saturated rings. The van der Waals surface area contributed by atoms with Crippen LogP contribution in [-0.2, 0) is 14.3 Å². The number of anilines is 2. The minimum absolute atomic E-state index is 0. The van der Waals surface area contributed by atoms with Gasteiger partial charge >= 0.3 is 6.09 Å². The first kappa shape index (κ1) is 51.0. The molecule has 4 aromatic carbocycles. The van der Waals surface area contributed by atoms with E-state index >= 15 is 0 Å². The average molecular weight is 845 g/mol. The summed E-state index contributed by atoms with van der Waals surface area (Å²) in [5.74, 6) is -0.583. The van der Waals surface area contributed by atoms with Gasteiger partial charge in [0.05, 0.1) is 5.34 Å². The number of nitrogens with zero attached hydrogens (tertiary/aromatic N) is 2. The van der Waals surface area contributed by atoms with Crippen LogP contribution < -0.4 is 21.7 Å². The van der Waals surface area contributed by atoms with Gasteiger partial charge in [0.1, 0.15) is 17.7 Å². The minimum Gasteiger partial charge on any atom is -0.444 e. The maximum absolute atomic E-state index is 13.0. The lowest BCUT2D eigenvalue weighted by molar-refractivity contribution is -0.118. The van der Waals surface area contributed by atoms with Gasteiger partial charge in [-0.3, -0.25) is 19.6 Å². The lowest BCUT2D eigenvalue weighted by atomic mass is 10.1. The molecule has 0 bridgehead atoms. The predicted molar refractivity (Wildman–Crippen MR) is 237 cm³/mol. The molecule has 0 aliphatic carbocycles. The fourth-order valence-corrected chi connectivity index (χ4v) is 4.94. The topological polar surface area (TPSA) is 148 Å². The third kappa shape index (κ3) is 16.0. The molecule has 14 heteroatoms. The molecule has 0 unspecified atom stereocenters. The summed E-state index contributed by atoms with van der Waals surface area (Å²) in [6.45, 7) is 5.32. The Labute approximate surface area is 351 Å². The average Bonchev–Trinajstić information content (AvgIpc) is 3.14. The van der Waals surface area contributed by atoms with Crippen molar-refractivity contribution in [2.45, 2.75) is 53.3 Å². The van der Waals surface area contributed by atoms with E-state index in [1.807, 2.05) is 91.0 Å². The first-order valence-corrected chi connectivity index (χ1v) is 17.3. The van der Waals surface area contributed by atoms with Crippen LogP contribution in [0.3, 0.4) is 0 Å². The van der Waals surface area contributed by atoms with Crippen LogP contribution in [0.15, 0.2) is 134 Å². The lowest BCUT2D eigenvalue weighted by Gasteiger charge is -2.23. The first-order valence-electron chi connectivity index (χ1n) is 16.2. The summed E-state index contributed by atoms with van der Waals surface area (Å²) in [6, 6.07) is 31.8. The summed E-state index contributed by atoms with van der Waals surface area (Å²) in [6.07, 6.45) is 6.32. The zero-order chi connectivity index (χ0) is 37.5.